The molecule has 1 saturated carbocycles. The second kappa shape index (κ2) is 4.85. The summed E-state index contributed by atoms with van der Waals surface area (Å²) in [6.45, 7) is 0. The molecule has 0 spiro atoms. The van der Waals surface area contributed by atoms with Crippen LogP contribution in [0.2, 0.25) is 0 Å². The standard InChI is InChI=1S/C13H15N3O2S/c1-19-11-7-3-6-10(11)16-12-8(13(17)18)4-2-5-9(12)14-15-16/h2,4-5,10-11H,3,6-7H2,1H3,(H,17,18). The normalized spacial score (nSPS) is 23.0. The van der Waals surface area contributed by atoms with Crippen LogP contribution in [0.3, 0.4) is 0 Å². The van der Waals surface area contributed by atoms with Crippen LogP contribution in [0.15, 0.2) is 18.2 Å². The summed E-state index contributed by atoms with van der Waals surface area (Å²) in [5, 5.41) is 18.1. The van der Waals surface area contributed by atoms with Crippen molar-refractivity contribution in [1.29, 1.82) is 0 Å². The Morgan fingerprint density at radius 2 is 2.32 bits per heavy atom. The largest absolute Gasteiger partial charge is 0.478 e. The third-order valence-corrected chi connectivity index (χ3v) is 4.91. The molecule has 1 aliphatic rings. The van der Waals surface area contributed by atoms with Gasteiger partial charge in [-0.25, -0.2) is 9.48 Å². The number of para-hydroxylation sites is 1. The first kappa shape index (κ1) is 12.5. The molecular weight excluding hydrogens is 262 g/mol. The number of hydrogen-bond donors (Lipinski definition) is 1. The summed E-state index contributed by atoms with van der Waals surface area (Å²) in [5.41, 5.74) is 1.60. The van der Waals surface area contributed by atoms with Crippen molar-refractivity contribution in [2.24, 2.45) is 0 Å². The van der Waals surface area contributed by atoms with Crippen molar-refractivity contribution in [3.63, 3.8) is 0 Å². The van der Waals surface area contributed by atoms with Crippen LogP contribution in [-0.4, -0.2) is 37.6 Å². The maximum atomic E-state index is 11.4. The number of benzene rings is 1. The Hall–Kier alpha value is -1.56. The molecule has 100 valence electrons. The smallest absolute Gasteiger partial charge is 0.337 e. The number of carbonyl (C=O) groups is 1. The summed E-state index contributed by atoms with van der Waals surface area (Å²) >= 11 is 1.83. The molecule has 19 heavy (non-hydrogen) atoms. The molecule has 1 aromatic carbocycles. The van der Waals surface area contributed by atoms with Crippen LogP contribution in [0.25, 0.3) is 11.0 Å². The minimum atomic E-state index is -0.923. The van der Waals surface area contributed by atoms with Gasteiger partial charge in [0, 0.05) is 5.25 Å². The average Bonchev–Trinajstić information content (AvgIpc) is 3.03. The Kier molecular flexibility index (Phi) is 3.18. The van der Waals surface area contributed by atoms with Crippen molar-refractivity contribution in [3.8, 4) is 0 Å². The predicted octanol–water partition coefficient (Wildman–Crippen LogP) is 2.59. The zero-order valence-electron chi connectivity index (χ0n) is 10.6. The van der Waals surface area contributed by atoms with Gasteiger partial charge in [0.25, 0.3) is 0 Å². The number of fused-ring (bicyclic) bond motifs is 1. The fourth-order valence-electron chi connectivity index (χ4n) is 2.86. The lowest BCUT2D eigenvalue weighted by atomic mass is 10.1. The van der Waals surface area contributed by atoms with E-state index in [1.54, 1.807) is 12.1 Å². The Morgan fingerprint density at radius 1 is 1.47 bits per heavy atom. The average molecular weight is 277 g/mol. The summed E-state index contributed by atoms with van der Waals surface area (Å²) < 4.78 is 1.83. The monoisotopic (exact) mass is 277 g/mol. The first-order chi connectivity index (χ1) is 9.22. The number of aromatic carboxylic acids is 1. The maximum absolute atomic E-state index is 11.4. The highest BCUT2D eigenvalue weighted by molar-refractivity contribution is 7.99. The molecule has 1 fully saturated rings. The molecule has 3 rings (SSSR count). The number of carboxylic acids is 1. The van der Waals surface area contributed by atoms with E-state index in [4.69, 9.17) is 0 Å². The van der Waals surface area contributed by atoms with Crippen LogP contribution in [0, 0.1) is 0 Å². The van der Waals surface area contributed by atoms with E-state index in [2.05, 4.69) is 16.6 Å². The molecule has 0 radical (unpaired) electrons. The molecule has 1 N–H and O–H groups in total. The minimum Gasteiger partial charge on any atom is -0.478 e. The summed E-state index contributed by atoms with van der Waals surface area (Å²) in [7, 11) is 0. The summed E-state index contributed by atoms with van der Waals surface area (Å²) in [4.78, 5) is 11.4. The lowest BCUT2D eigenvalue weighted by Gasteiger charge is -2.18. The van der Waals surface area contributed by atoms with E-state index in [0.717, 1.165) is 19.3 Å². The number of thioether (sulfide) groups is 1. The van der Waals surface area contributed by atoms with Gasteiger partial charge in [-0.05, 0) is 31.2 Å². The Labute approximate surface area is 115 Å². The predicted molar refractivity (Wildman–Crippen MR) is 74.7 cm³/mol. The highest BCUT2D eigenvalue weighted by atomic mass is 32.2. The Bertz CT molecular complexity index is 625. The summed E-state index contributed by atoms with van der Waals surface area (Å²) in [6, 6.07) is 5.40. The Morgan fingerprint density at radius 3 is 3.05 bits per heavy atom. The highest BCUT2D eigenvalue weighted by Crippen LogP contribution is 2.38. The summed E-state index contributed by atoms with van der Waals surface area (Å²) in [5.74, 6) is -0.923. The molecule has 0 aliphatic heterocycles. The number of nitrogens with zero attached hydrogens (tertiary/aromatic N) is 3. The van der Waals surface area contributed by atoms with Gasteiger partial charge in [-0.2, -0.15) is 11.8 Å². The van der Waals surface area contributed by atoms with Gasteiger partial charge in [0.1, 0.15) is 11.0 Å². The van der Waals surface area contributed by atoms with Gasteiger partial charge in [-0.15, -0.1) is 5.10 Å². The van der Waals surface area contributed by atoms with Crippen molar-refractivity contribution >= 4 is 28.8 Å². The molecule has 6 heteroatoms. The maximum Gasteiger partial charge on any atom is 0.337 e. The van der Waals surface area contributed by atoms with Crippen molar-refractivity contribution in [3.05, 3.63) is 23.8 Å². The topological polar surface area (TPSA) is 68.0 Å². The first-order valence-electron chi connectivity index (χ1n) is 6.32. The first-order valence-corrected chi connectivity index (χ1v) is 7.61. The van der Waals surface area contributed by atoms with Crippen LogP contribution in [0.5, 0.6) is 0 Å². The van der Waals surface area contributed by atoms with Crippen molar-refractivity contribution in [2.45, 2.75) is 30.6 Å². The molecule has 1 aromatic heterocycles. The second-order valence-electron chi connectivity index (χ2n) is 4.78. The second-order valence-corrected chi connectivity index (χ2v) is 5.86. The van der Waals surface area contributed by atoms with Crippen LogP contribution in [-0.2, 0) is 0 Å². The fourth-order valence-corrected chi connectivity index (χ4v) is 3.83. The lowest BCUT2D eigenvalue weighted by Crippen LogP contribution is -2.18. The van der Waals surface area contributed by atoms with E-state index in [-0.39, 0.29) is 11.6 Å². The van der Waals surface area contributed by atoms with Crippen LogP contribution >= 0.6 is 11.8 Å². The Balaban J connectivity index is 2.16. The van der Waals surface area contributed by atoms with Gasteiger partial charge in [0.15, 0.2) is 0 Å². The SMILES string of the molecule is CSC1CCCC1n1nnc2cccc(C(=O)O)c21. The van der Waals surface area contributed by atoms with E-state index >= 15 is 0 Å². The van der Waals surface area contributed by atoms with Gasteiger partial charge in [-0.1, -0.05) is 17.7 Å². The molecule has 2 atom stereocenters. The number of rotatable bonds is 3. The molecule has 5 nitrogen and oxygen atoms in total. The zero-order valence-corrected chi connectivity index (χ0v) is 11.4. The summed E-state index contributed by atoms with van der Waals surface area (Å²) in [6.07, 6.45) is 5.45. The number of carboxylic acid groups (broad SMARTS) is 1. The minimum absolute atomic E-state index is 0.250. The molecule has 0 saturated heterocycles. The van der Waals surface area contributed by atoms with Crippen LogP contribution in [0.4, 0.5) is 0 Å². The van der Waals surface area contributed by atoms with E-state index in [0.29, 0.717) is 16.3 Å². The third-order valence-electron chi connectivity index (χ3n) is 3.76. The molecule has 0 amide bonds. The molecule has 2 unspecified atom stereocenters. The molecule has 2 aromatic rings. The quantitative estimate of drug-likeness (QED) is 0.934. The third kappa shape index (κ3) is 2.00. The van der Waals surface area contributed by atoms with Crippen molar-refractivity contribution in [2.75, 3.05) is 6.26 Å². The van der Waals surface area contributed by atoms with E-state index < -0.39 is 5.97 Å². The molecule has 0 bridgehead atoms. The van der Waals surface area contributed by atoms with Gasteiger partial charge in [0.05, 0.1) is 11.6 Å². The van der Waals surface area contributed by atoms with Crippen molar-refractivity contribution in [1.82, 2.24) is 15.0 Å². The van der Waals surface area contributed by atoms with Gasteiger partial charge in [0.2, 0.25) is 0 Å². The number of aromatic nitrogens is 3. The highest BCUT2D eigenvalue weighted by Gasteiger charge is 2.31. The molecular formula is C13H15N3O2S. The van der Waals surface area contributed by atoms with E-state index in [9.17, 15) is 9.90 Å². The van der Waals surface area contributed by atoms with Crippen LogP contribution in [0.1, 0.15) is 35.7 Å². The lowest BCUT2D eigenvalue weighted by molar-refractivity contribution is 0.0698. The zero-order chi connectivity index (χ0) is 13.4. The molecule has 1 aliphatic carbocycles. The van der Waals surface area contributed by atoms with Crippen LogP contribution < -0.4 is 0 Å². The van der Waals surface area contributed by atoms with Crippen molar-refractivity contribution < 1.29 is 9.90 Å². The van der Waals surface area contributed by atoms with Gasteiger partial charge >= 0.3 is 5.97 Å². The molecule has 1 heterocycles. The fraction of sp³-hybridized carbons (Fsp3) is 0.462. The van der Waals surface area contributed by atoms with Gasteiger partial charge < -0.3 is 5.11 Å². The number of hydrogen-bond acceptors (Lipinski definition) is 4. The van der Waals surface area contributed by atoms with E-state index in [1.165, 1.54) is 0 Å². The van der Waals surface area contributed by atoms with Gasteiger partial charge in [-0.3, -0.25) is 0 Å². The van der Waals surface area contributed by atoms with E-state index in [1.807, 2.05) is 22.5 Å².